The van der Waals surface area contributed by atoms with E-state index in [9.17, 15) is 10.2 Å². The number of phenolic OH excluding ortho intramolecular Hbond substituents is 1. The molecule has 3 aromatic carbocycles. The molecular formula is C25H27N3O2. The van der Waals surface area contributed by atoms with Crippen LogP contribution in [0, 0.1) is 6.92 Å². The average Bonchev–Trinajstić information content (AvgIpc) is 2.74. The number of nitrogens with one attached hydrogen (secondary N) is 1. The van der Waals surface area contributed by atoms with Crippen LogP contribution in [-0.2, 0) is 0 Å². The van der Waals surface area contributed by atoms with Crippen molar-refractivity contribution in [2.24, 2.45) is 4.99 Å². The summed E-state index contributed by atoms with van der Waals surface area (Å²) < 4.78 is 0. The van der Waals surface area contributed by atoms with Crippen molar-refractivity contribution in [3.05, 3.63) is 95.1 Å². The minimum Gasteiger partial charge on any atom is -0.508 e. The second-order valence-electron chi connectivity index (χ2n) is 8.33. The van der Waals surface area contributed by atoms with E-state index in [2.05, 4.69) is 53.8 Å². The number of aliphatic imine (C=N–C) groups is 1. The fourth-order valence-corrected chi connectivity index (χ4v) is 3.76. The van der Waals surface area contributed by atoms with Gasteiger partial charge in [0.15, 0.2) is 0 Å². The number of phenols is 1. The zero-order chi connectivity index (χ0) is 21.3. The number of aliphatic hydroxyl groups excluding tert-OH is 1. The fourth-order valence-electron chi connectivity index (χ4n) is 3.76. The highest BCUT2D eigenvalue weighted by Gasteiger charge is 2.39. The molecule has 154 valence electrons. The number of hydrazine groups is 1. The van der Waals surface area contributed by atoms with Crippen LogP contribution < -0.4 is 5.43 Å². The van der Waals surface area contributed by atoms with Crippen molar-refractivity contribution in [1.29, 1.82) is 0 Å². The molecule has 3 N–H and O–H groups in total. The summed E-state index contributed by atoms with van der Waals surface area (Å²) in [4.78, 5) is 4.78. The van der Waals surface area contributed by atoms with Crippen molar-refractivity contribution < 1.29 is 10.2 Å². The highest BCUT2D eigenvalue weighted by Crippen LogP contribution is 2.38. The van der Waals surface area contributed by atoms with Gasteiger partial charge < -0.3 is 15.6 Å². The van der Waals surface area contributed by atoms with Gasteiger partial charge in [0.25, 0.3) is 0 Å². The van der Waals surface area contributed by atoms with Crippen LogP contribution in [0.25, 0.3) is 0 Å². The number of nitrogens with zero attached hydrogens (tertiary/aromatic N) is 2. The molecule has 5 nitrogen and oxygen atoms in total. The van der Waals surface area contributed by atoms with Gasteiger partial charge in [0.2, 0.25) is 0 Å². The van der Waals surface area contributed by atoms with Gasteiger partial charge in [-0.2, -0.15) is 0 Å². The van der Waals surface area contributed by atoms with Gasteiger partial charge >= 0.3 is 0 Å². The number of aliphatic hydroxyl groups is 1. The van der Waals surface area contributed by atoms with Crippen LogP contribution in [0.2, 0.25) is 0 Å². The van der Waals surface area contributed by atoms with E-state index < -0.39 is 5.54 Å². The Morgan fingerprint density at radius 3 is 2.43 bits per heavy atom. The van der Waals surface area contributed by atoms with Gasteiger partial charge in [-0.3, -0.25) is 0 Å². The Balaban J connectivity index is 1.90. The first kappa shape index (κ1) is 20.1. The van der Waals surface area contributed by atoms with E-state index in [1.807, 2.05) is 32.0 Å². The van der Waals surface area contributed by atoms with Gasteiger partial charge in [0.05, 0.1) is 23.9 Å². The largest absolute Gasteiger partial charge is 0.508 e. The van der Waals surface area contributed by atoms with Crippen molar-refractivity contribution >= 4 is 11.5 Å². The maximum Gasteiger partial charge on any atom is 0.148 e. The lowest BCUT2D eigenvalue weighted by Crippen LogP contribution is -2.60. The summed E-state index contributed by atoms with van der Waals surface area (Å²) in [5.41, 5.74) is 8.03. The van der Waals surface area contributed by atoms with Gasteiger partial charge in [-0.15, -0.1) is 0 Å². The zero-order valence-corrected chi connectivity index (χ0v) is 17.5. The van der Waals surface area contributed by atoms with Gasteiger partial charge in [-0.1, -0.05) is 60.2 Å². The van der Waals surface area contributed by atoms with Crippen LogP contribution in [0.4, 0.5) is 5.69 Å². The first-order chi connectivity index (χ1) is 14.4. The quantitative estimate of drug-likeness (QED) is 0.604. The molecule has 30 heavy (non-hydrogen) atoms. The van der Waals surface area contributed by atoms with Gasteiger partial charge in [0.1, 0.15) is 11.6 Å². The van der Waals surface area contributed by atoms with Gasteiger partial charge in [-0.25, -0.2) is 10.0 Å². The Labute approximate surface area is 177 Å². The van der Waals surface area contributed by atoms with Crippen molar-refractivity contribution in [1.82, 2.24) is 10.4 Å². The lowest BCUT2D eigenvalue weighted by molar-refractivity contribution is 0.00721. The number of aryl methyl sites for hydroxylation is 1. The lowest BCUT2D eigenvalue weighted by atomic mass is 9.88. The molecule has 0 aliphatic carbocycles. The molecule has 0 aromatic heterocycles. The average molecular weight is 402 g/mol. The van der Waals surface area contributed by atoms with Crippen LogP contribution in [0.5, 0.6) is 5.75 Å². The minimum atomic E-state index is -0.553. The molecule has 0 radical (unpaired) electrons. The molecule has 1 aliphatic heterocycles. The molecule has 0 saturated heterocycles. The second-order valence-corrected chi connectivity index (χ2v) is 8.33. The molecule has 0 fully saturated rings. The number of rotatable bonds is 4. The van der Waals surface area contributed by atoms with Crippen LogP contribution in [0.3, 0.4) is 0 Å². The van der Waals surface area contributed by atoms with Crippen molar-refractivity contribution in [2.75, 3.05) is 6.61 Å². The van der Waals surface area contributed by atoms with Crippen LogP contribution in [0.15, 0.2) is 77.8 Å². The maximum absolute atomic E-state index is 10.2. The van der Waals surface area contributed by atoms with E-state index in [4.69, 9.17) is 4.99 Å². The lowest BCUT2D eigenvalue weighted by Gasteiger charge is -2.47. The summed E-state index contributed by atoms with van der Waals surface area (Å²) in [5.74, 6) is 0.854. The molecule has 0 bridgehead atoms. The number of aromatic hydroxyl groups is 1. The van der Waals surface area contributed by atoms with E-state index in [0.29, 0.717) is 11.5 Å². The molecule has 0 spiro atoms. The zero-order valence-electron chi connectivity index (χ0n) is 17.5. The van der Waals surface area contributed by atoms with E-state index >= 15 is 0 Å². The van der Waals surface area contributed by atoms with E-state index in [-0.39, 0.29) is 18.4 Å². The Morgan fingerprint density at radius 2 is 1.73 bits per heavy atom. The topological polar surface area (TPSA) is 68.1 Å². The third-order valence-corrected chi connectivity index (χ3v) is 5.50. The molecule has 0 saturated carbocycles. The number of amidine groups is 1. The summed E-state index contributed by atoms with van der Waals surface area (Å²) >= 11 is 0. The van der Waals surface area contributed by atoms with Crippen molar-refractivity contribution in [3.63, 3.8) is 0 Å². The molecule has 1 atom stereocenters. The monoisotopic (exact) mass is 401 g/mol. The SMILES string of the molecule is Cc1ccc(C2c3ccccc3C(=Nc3cccc(O)c3)NN2C(C)(C)CO)cc1. The standard InChI is InChI=1S/C25H27N3O2/c1-17-11-13-18(14-12-17)23-21-9-4-5-10-22(21)24(27-28(23)25(2,3)16-29)26-19-7-6-8-20(30)15-19/h4-15,23,29-30H,16H2,1-3H3,(H,26,27). The maximum atomic E-state index is 10.2. The highest BCUT2D eigenvalue weighted by molar-refractivity contribution is 6.02. The molecule has 4 rings (SSSR count). The van der Waals surface area contributed by atoms with Crippen LogP contribution in [0.1, 0.15) is 42.1 Å². The van der Waals surface area contributed by atoms with Crippen molar-refractivity contribution in [2.45, 2.75) is 32.4 Å². The first-order valence-corrected chi connectivity index (χ1v) is 10.1. The summed E-state index contributed by atoms with van der Waals surface area (Å²) in [6.07, 6.45) is 0. The minimum absolute atomic E-state index is 0.0239. The van der Waals surface area contributed by atoms with E-state index in [1.165, 1.54) is 5.56 Å². The fraction of sp³-hybridized carbons (Fsp3) is 0.240. The summed E-state index contributed by atoms with van der Waals surface area (Å²) in [6, 6.07) is 23.5. The van der Waals surface area contributed by atoms with Crippen LogP contribution >= 0.6 is 0 Å². The molecule has 0 amide bonds. The number of fused-ring (bicyclic) bond motifs is 1. The molecular weight excluding hydrogens is 374 g/mol. The Hall–Kier alpha value is -3.15. The third kappa shape index (κ3) is 3.82. The summed E-state index contributed by atoms with van der Waals surface area (Å²) in [7, 11) is 0. The van der Waals surface area contributed by atoms with E-state index in [0.717, 1.165) is 16.7 Å². The Morgan fingerprint density at radius 1 is 1.00 bits per heavy atom. The number of hydrogen-bond donors (Lipinski definition) is 3. The molecule has 1 heterocycles. The van der Waals surface area contributed by atoms with Gasteiger partial charge in [-0.05, 0) is 44.0 Å². The Bertz CT molecular complexity index is 1070. The molecule has 3 aromatic rings. The number of hydrogen-bond acceptors (Lipinski definition) is 4. The normalized spacial score (nSPS) is 18.1. The highest BCUT2D eigenvalue weighted by atomic mass is 16.3. The predicted octanol–water partition coefficient (Wildman–Crippen LogP) is 4.46. The molecule has 1 unspecified atom stereocenters. The van der Waals surface area contributed by atoms with Crippen molar-refractivity contribution in [3.8, 4) is 5.75 Å². The third-order valence-electron chi connectivity index (χ3n) is 5.50. The Kier molecular flexibility index (Phi) is 5.33. The second kappa shape index (κ2) is 7.94. The van der Waals surface area contributed by atoms with E-state index in [1.54, 1.807) is 18.2 Å². The summed E-state index contributed by atoms with van der Waals surface area (Å²) in [6.45, 7) is 6.05. The summed E-state index contributed by atoms with van der Waals surface area (Å²) in [5, 5.41) is 22.1. The predicted molar refractivity (Wildman–Crippen MR) is 120 cm³/mol. The first-order valence-electron chi connectivity index (χ1n) is 10.1. The van der Waals surface area contributed by atoms with Crippen LogP contribution in [-0.4, -0.2) is 33.2 Å². The molecule has 1 aliphatic rings. The number of benzene rings is 3. The smallest absolute Gasteiger partial charge is 0.148 e. The molecule has 5 heteroatoms. The van der Waals surface area contributed by atoms with Gasteiger partial charge in [0, 0.05) is 11.6 Å².